The first-order chi connectivity index (χ1) is 8.97. The van der Waals surface area contributed by atoms with Gasteiger partial charge in [0.15, 0.2) is 0 Å². The van der Waals surface area contributed by atoms with Crippen LogP contribution in [0.15, 0.2) is 0 Å². The molecule has 0 aliphatic heterocycles. The van der Waals surface area contributed by atoms with Crippen molar-refractivity contribution in [2.45, 2.75) is 33.2 Å². The number of nitrogens with zero attached hydrogens (tertiary/aromatic N) is 3. The number of aryl methyl sites for hydroxylation is 2. The molecule has 8 heteroatoms. The van der Waals surface area contributed by atoms with E-state index >= 15 is 0 Å². The van der Waals surface area contributed by atoms with Crippen molar-refractivity contribution in [1.29, 1.82) is 0 Å². The lowest BCUT2D eigenvalue weighted by molar-refractivity contribution is -0.121. The number of H-pyrrole nitrogens is 2. The van der Waals surface area contributed by atoms with E-state index in [2.05, 4.69) is 30.7 Å². The standard InChI is InChI=1S/C11H17N7O/c1-5-8(6(2)16-15-5)4-9(19)13-7(3)10-14-11(12)18-17-10/h7H,4H2,1-3H3,(H,13,19)(H,15,16)(H3,12,14,17,18)/t7-/m1/s1. The molecule has 1 atom stereocenters. The Labute approximate surface area is 110 Å². The van der Waals surface area contributed by atoms with Gasteiger partial charge in [-0.05, 0) is 20.8 Å². The molecule has 8 nitrogen and oxygen atoms in total. The summed E-state index contributed by atoms with van der Waals surface area (Å²) >= 11 is 0. The maximum Gasteiger partial charge on any atom is 0.239 e. The van der Waals surface area contributed by atoms with Crippen LogP contribution >= 0.6 is 0 Å². The van der Waals surface area contributed by atoms with E-state index in [4.69, 9.17) is 5.73 Å². The molecule has 0 spiro atoms. The van der Waals surface area contributed by atoms with E-state index in [9.17, 15) is 4.79 Å². The minimum atomic E-state index is -0.273. The van der Waals surface area contributed by atoms with Crippen LogP contribution < -0.4 is 11.1 Å². The molecule has 2 rings (SSSR count). The van der Waals surface area contributed by atoms with Gasteiger partial charge in [0.05, 0.1) is 18.2 Å². The summed E-state index contributed by atoms with van der Waals surface area (Å²) in [6.45, 7) is 5.57. The summed E-state index contributed by atoms with van der Waals surface area (Å²) in [7, 11) is 0. The molecule has 102 valence electrons. The third kappa shape index (κ3) is 2.90. The molecule has 1 amide bonds. The number of carbonyl (C=O) groups excluding carboxylic acids is 1. The quantitative estimate of drug-likeness (QED) is 0.624. The van der Waals surface area contributed by atoms with Gasteiger partial charge in [-0.1, -0.05) is 0 Å². The topological polar surface area (TPSA) is 125 Å². The highest BCUT2D eigenvalue weighted by molar-refractivity contribution is 5.79. The maximum absolute atomic E-state index is 12.0. The highest BCUT2D eigenvalue weighted by Crippen LogP contribution is 2.12. The van der Waals surface area contributed by atoms with E-state index < -0.39 is 0 Å². The number of carbonyl (C=O) groups is 1. The molecule has 0 saturated heterocycles. The number of amides is 1. The Hall–Kier alpha value is -2.38. The Balaban J connectivity index is 1.98. The van der Waals surface area contributed by atoms with E-state index in [-0.39, 0.29) is 24.3 Å². The summed E-state index contributed by atoms with van der Waals surface area (Å²) in [6.07, 6.45) is 0.280. The first-order valence-corrected chi connectivity index (χ1v) is 5.95. The Bertz CT molecular complexity index is 566. The van der Waals surface area contributed by atoms with Crippen LogP contribution in [-0.2, 0) is 11.2 Å². The maximum atomic E-state index is 12.0. The molecule has 0 radical (unpaired) electrons. The second kappa shape index (κ2) is 5.09. The van der Waals surface area contributed by atoms with E-state index in [1.807, 2.05) is 20.8 Å². The lowest BCUT2D eigenvalue weighted by Gasteiger charge is -2.10. The molecule has 0 fully saturated rings. The van der Waals surface area contributed by atoms with Gasteiger partial charge in [-0.25, -0.2) is 0 Å². The zero-order valence-corrected chi connectivity index (χ0v) is 11.1. The number of aromatic nitrogens is 5. The Morgan fingerprint density at radius 1 is 1.37 bits per heavy atom. The summed E-state index contributed by atoms with van der Waals surface area (Å²) < 4.78 is 0. The molecule has 0 unspecified atom stereocenters. The van der Waals surface area contributed by atoms with Crippen molar-refractivity contribution >= 4 is 11.9 Å². The van der Waals surface area contributed by atoms with Crippen LogP contribution in [0.2, 0.25) is 0 Å². The molecule has 2 heterocycles. The van der Waals surface area contributed by atoms with Crippen molar-refractivity contribution in [3.05, 3.63) is 22.8 Å². The van der Waals surface area contributed by atoms with Crippen molar-refractivity contribution in [3.8, 4) is 0 Å². The number of nitrogens with one attached hydrogen (secondary N) is 3. The van der Waals surface area contributed by atoms with Gasteiger partial charge < -0.3 is 11.1 Å². The van der Waals surface area contributed by atoms with E-state index in [0.29, 0.717) is 5.82 Å². The second-order valence-corrected chi connectivity index (χ2v) is 4.46. The number of hydrogen-bond acceptors (Lipinski definition) is 5. The predicted molar refractivity (Wildman–Crippen MR) is 69.1 cm³/mol. The van der Waals surface area contributed by atoms with Crippen molar-refractivity contribution < 1.29 is 4.79 Å². The normalized spacial score (nSPS) is 12.4. The Kier molecular flexibility index (Phi) is 3.50. The Morgan fingerprint density at radius 3 is 2.63 bits per heavy atom. The highest BCUT2D eigenvalue weighted by atomic mass is 16.1. The average Bonchev–Trinajstić information content (AvgIpc) is 2.90. The lowest BCUT2D eigenvalue weighted by atomic mass is 10.1. The number of rotatable bonds is 4. The van der Waals surface area contributed by atoms with Crippen LogP contribution in [0.25, 0.3) is 0 Å². The molecule has 0 bridgehead atoms. The van der Waals surface area contributed by atoms with Gasteiger partial charge in [0.1, 0.15) is 5.82 Å². The zero-order chi connectivity index (χ0) is 14.0. The fourth-order valence-electron chi connectivity index (χ4n) is 1.84. The molecule has 0 aliphatic rings. The predicted octanol–water partition coefficient (Wildman–Crippen LogP) is 0.147. The Morgan fingerprint density at radius 2 is 2.11 bits per heavy atom. The molecular weight excluding hydrogens is 246 g/mol. The third-order valence-corrected chi connectivity index (χ3v) is 2.93. The number of nitrogen functional groups attached to an aromatic ring is 1. The van der Waals surface area contributed by atoms with E-state index in [0.717, 1.165) is 17.0 Å². The summed E-state index contributed by atoms with van der Waals surface area (Å²) in [5, 5.41) is 16.1. The van der Waals surface area contributed by atoms with Gasteiger partial charge in [0.2, 0.25) is 11.9 Å². The van der Waals surface area contributed by atoms with Crippen LogP contribution in [0.4, 0.5) is 5.95 Å². The molecule has 2 aromatic heterocycles. The number of aromatic amines is 2. The number of anilines is 1. The summed E-state index contributed by atoms with van der Waals surface area (Å²) in [5.74, 6) is 0.596. The van der Waals surface area contributed by atoms with Crippen molar-refractivity contribution in [3.63, 3.8) is 0 Å². The molecular formula is C11H17N7O. The van der Waals surface area contributed by atoms with Crippen LogP contribution in [0, 0.1) is 13.8 Å². The molecule has 0 saturated carbocycles. The minimum absolute atomic E-state index is 0.102. The first kappa shape index (κ1) is 13.1. The van der Waals surface area contributed by atoms with Crippen molar-refractivity contribution in [2.24, 2.45) is 0 Å². The molecule has 5 N–H and O–H groups in total. The molecule has 2 aromatic rings. The monoisotopic (exact) mass is 263 g/mol. The summed E-state index contributed by atoms with van der Waals surface area (Å²) in [5.41, 5.74) is 8.08. The number of nitrogens with two attached hydrogens (primary N) is 1. The van der Waals surface area contributed by atoms with Gasteiger partial charge in [-0.2, -0.15) is 10.1 Å². The van der Waals surface area contributed by atoms with Gasteiger partial charge in [0.25, 0.3) is 0 Å². The average molecular weight is 263 g/mol. The van der Waals surface area contributed by atoms with E-state index in [1.165, 1.54) is 0 Å². The van der Waals surface area contributed by atoms with Crippen molar-refractivity contribution in [2.75, 3.05) is 5.73 Å². The number of hydrogen-bond donors (Lipinski definition) is 4. The lowest BCUT2D eigenvalue weighted by Crippen LogP contribution is -2.29. The van der Waals surface area contributed by atoms with Gasteiger partial charge in [0, 0.05) is 11.3 Å². The zero-order valence-electron chi connectivity index (χ0n) is 11.1. The molecule has 0 aliphatic carbocycles. The third-order valence-electron chi connectivity index (χ3n) is 2.93. The van der Waals surface area contributed by atoms with Crippen LogP contribution in [0.1, 0.15) is 35.7 Å². The fraction of sp³-hybridized carbons (Fsp3) is 0.455. The molecule has 0 aromatic carbocycles. The second-order valence-electron chi connectivity index (χ2n) is 4.46. The summed E-state index contributed by atoms with van der Waals surface area (Å²) in [4.78, 5) is 15.9. The highest BCUT2D eigenvalue weighted by Gasteiger charge is 2.16. The molecule has 19 heavy (non-hydrogen) atoms. The SMILES string of the molecule is Cc1n[nH]c(C)c1CC(=O)N[C@H](C)c1nc(N)n[nH]1. The van der Waals surface area contributed by atoms with E-state index in [1.54, 1.807) is 0 Å². The summed E-state index contributed by atoms with van der Waals surface area (Å²) in [6, 6.07) is -0.273. The van der Waals surface area contributed by atoms with Gasteiger partial charge in [-0.15, -0.1) is 5.10 Å². The largest absolute Gasteiger partial charge is 0.367 e. The van der Waals surface area contributed by atoms with Gasteiger partial charge >= 0.3 is 0 Å². The van der Waals surface area contributed by atoms with Crippen LogP contribution in [0.3, 0.4) is 0 Å². The first-order valence-electron chi connectivity index (χ1n) is 5.95. The van der Waals surface area contributed by atoms with Crippen molar-refractivity contribution in [1.82, 2.24) is 30.7 Å². The fourth-order valence-corrected chi connectivity index (χ4v) is 1.84. The smallest absolute Gasteiger partial charge is 0.239 e. The van der Waals surface area contributed by atoms with Crippen LogP contribution in [0.5, 0.6) is 0 Å². The minimum Gasteiger partial charge on any atom is -0.367 e. The van der Waals surface area contributed by atoms with Gasteiger partial charge in [-0.3, -0.25) is 15.0 Å². The van der Waals surface area contributed by atoms with Crippen LogP contribution in [-0.4, -0.2) is 31.3 Å².